The van der Waals surface area contributed by atoms with E-state index in [1.54, 1.807) is 14.2 Å². The third kappa shape index (κ3) is 7.20. The molecular formula is C16H28IN3O2. The Kier molecular flexibility index (Phi) is 11.7. The maximum atomic E-state index is 5.39. The highest BCUT2D eigenvalue weighted by atomic mass is 127. The smallest absolute Gasteiger partial charge is 0.191 e. The van der Waals surface area contributed by atoms with Crippen molar-refractivity contribution in [3.8, 4) is 11.5 Å². The van der Waals surface area contributed by atoms with Gasteiger partial charge in [-0.1, -0.05) is 13.3 Å². The number of methoxy groups -OCH3 is 2. The lowest BCUT2D eigenvalue weighted by Crippen LogP contribution is -2.37. The third-order valence-electron chi connectivity index (χ3n) is 3.07. The molecule has 22 heavy (non-hydrogen) atoms. The summed E-state index contributed by atoms with van der Waals surface area (Å²) >= 11 is 0. The molecule has 0 saturated heterocycles. The largest absolute Gasteiger partial charge is 0.497 e. The van der Waals surface area contributed by atoms with Crippen LogP contribution in [0.5, 0.6) is 11.5 Å². The van der Waals surface area contributed by atoms with Crippen molar-refractivity contribution in [2.24, 2.45) is 4.99 Å². The van der Waals surface area contributed by atoms with Crippen molar-refractivity contribution in [1.82, 2.24) is 10.6 Å². The van der Waals surface area contributed by atoms with Gasteiger partial charge >= 0.3 is 0 Å². The van der Waals surface area contributed by atoms with E-state index in [9.17, 15) is 0 Å². The van der Waals surface area contributed by atoms with Crippen LogP contribution in [-0.2, 0) is 6.54 Å². The average Bonchev–Trinajstić information content (AvgIpc) is 2.52. The second-order valence-electron chi connectivity index (χ2n) is 4.65. The second-order valence-corrected chi connectivity index (χ2v) is 4.65. The molecule has 1 aromatic rings. The summed E-state index contributed by atoms with van der Waals surface area (Å²) in [4.78, 5) is 4.59. The predicted octanol–water partition coefficient (Wildman–Crippen LogP) is 3.18. The molecule has 1 rings (SSSR count). The highest BCUT2D eigenvalue weighted by Crippen LogP contribution is 2.25. The molecule has 6 heteroatoms. The molecular weight excluding hydrogens is 393 g/mol. The number of halogens is 1. The average molecular weight is 421 g/mol. The van der Waals surface area contributed by atoms with Gasteiger partial charge in [-0.15, -0.1) is 24.0 Å². The van der Waals surface area contributed by atoms with Gasteiger partial charge in [-0.3, -0.25) is 0 Å². The Labute approximate surface area is 150 Å². The van der Waals surface area contributed by atoms with Gasteiger partial charge < -0.3 is 20.1 Å². The van der Waals surface area contributed by atoms with Crippen LogP contribution in [-0.4, -0.2) is 33.3 Å². The molecule has 1 aromatic carbocycles. The van der Waals surface area contributed by atoms with Crippen LogP contribution < -0.4 is 20.1 Å². The first-order valence-electron chi connectivity index (χ1n) is 7.48. The molecule has 0 fully saturated rings. The standard InChI is InChI=1S/C16H27N3O2.HI/c1-5-7-10-18-16(17-6-2)19-12-13-8-9-14(20-3)11-15(13)21-4;/h8-9,11H,5-7,10,12H2,1-4H3,(H2,17,18,19);1H. The van der Waals surface area contributed by atoms with Crippen LogP contribution >= 0.6 is 24.0 Å². The minimum Gasteiger partial charge on any atom is -0.497 e. The first-order valence-corrected chi connectivity index (χ1v) is 7.48. The van der Waals surface area contributed by atoms with Crippen LogP contribution in [0.4, 0.5) is 0 Å². The van der Waals surface area contributed by atoms with Gasteiger partial charge in [-0.2, -0.15) is 0 Å². The molecule has 126 valence electrons. The van der Waals surface area contributed by atoms with Crippen LogP contribution in [0.25, 0.3) is 0 Å². The molecule has 0 aliphatic rings. The van der Waals surface area contributed by atoms with Crippen molar-refractivity contribution in [3.05, 3.63) is 23.8 Å². The minimum atomic E-state index is 0. The van der Waals surface area contributed by atoms with Crippen molar-refractivity contribution in [3.63, 3.8) is 0 Å². The lowest BCUT2D eigenvalue weighted by Gasteiger charge is -2.12. The number of hydrogen-bond donors (Lipinski definition) is 2. The fourth-order valence-corrected chi connectivity index (χ4v) is 1.87. The van der Waals surface area contributed by atoms with Crippen molar-refractivity contribution in [2.45, 2.75) is 33.2 Å². The number of rotatable bonds is 8. The SMILES string of the molecule is CCCCNC(=NCc1ccc(OC)cc1OC)NCC.I. The minimum absolute atomic E-state index is 0. The maximum Gasteiger partial charge on any atom is 0.191 e. The van der Waals surface area contributed by atoms with Gasteiger partial charge in [-0.05, 0) is 25.5 Å². The number of aliphatic imine (C=N–C) groups is 1. The lowest BCUT2D eigenvalue weighted by atomic mass is 10.2. The number of benzene rings is 1. The zero-order chi connectivity index (χ0) is 15.5. The van der Waals surface area contributed by atoms with Crippen molar-refractivity contribution >= 4 is 29.9 Å². The second kappa shape index (κ2) is 12.4. The molecule has 0 saturated carbocycles. The molecule has 0 aromatic heterocycles. The summed E-state index contributed by atoms with van der Waals surface area (Å²) in [6.07, 6.45) is 2.30. The zero-order valence-corrected chi connectivity index (χ0v) is 16.3. The van der Waals surface area contributed by atoms with Gasteiger partial charge in [0, 0.05) is 24.7 Å². The first kappa shape index (κ1) is 20.8. The van der Waals surface area contributed by atoms with Gasteiger partial charge in [-0.25, -0.2) is 4.99 Å². The van der Waals surface area contributed by atoms with E-state index in [1.165, 1.54) is 6.42 Å². The Morgan fingerprint density at radius 2 is 1.91 bits per heavy atom. The Balaban J connectivity index is 0.00000441. The van der Waals surface area contributed by atoms with E-state index in [4.69, 9.17) is 9.47 Å². The summed E-state index contributed by atoms with van der Waals surface area (Å²) < 4.78 is 10.6. The molecule has 0 amide bonds. The molecule has 0 bridgehead atoms. The highest BCUT2D eigenvalue weighted by Gasteiger charge is 2.05. The van der Waals surface area contributed by atoms with Gasteiger partial charge in [0.1, 0.15) is 11.5 Å². The monoisotopic (exact) mass is 421 g/mol. The van der Waals surface area contributed by atoms with Gasteiger partial charge in [0.05, 0.1) is 20.8 Å². The number of unbranched alkanes of at least 4 members (excludes halogenated alkanes) is 1. The van der Waals surface area contributed by atoms with Crippen molar-refractivity contribution in [2.75, 3.05) is 27.3 Å². The van der Waals surface area contributed by atoms with Crippen LogP contribution in [0.2, 0.25) is 0 Å². The maximum absolute atomic E-state index is 5.39. The number of hydrogen-bond acceptors (Lipinski definition) is 3. The van der Waals surface area contributed by atoms with E-state index in [-0.39, 0.29) is 24.0 Å². The molecule has 0 radical (unpaired) electrons. The van der Waals surface area contributed by atoms with Crippen LogP contribution in [0.3, 0.4) is 0 Å². The third-order valence-corrected chi connectivity index (χ3v) is 3.07. The fraction of sp³-hybridized carbons (Fsp3) is 0.562. The Morgan fingerprint density at radius 3 is 2.50 bits per heavy atom. The Bertz CT molecular complexity index is 453. The molecule has 2 N–H and O–H groups in total. The van der Waals surface area contributed by atoms with Crippen LogP contribution in [0, 0.1) is 0 Å². The Morgan fingerprint density at radius 1 is 1.14 bits per heavy atom. The quantitative estimate of drug-likeness (QED) is 0.293. The lowest BCUT2D eigenvalue weighted by molar-refractivity contribution is 0.391. The molecule has 0 unspecified atom stereocenters. The number of nitrogens with one attached hydrogen (secondary N) is 2. The Hall–Kier alpha value is -1.18. The molecule has 0 aliphatic carbocycles. The highest BCUT2D eigenvalue weighted by molar-refractivity contribution is 14.0. The van der Waals surface area contributed by atoms with Crippen LogP contribution in [0.15, 0.2) is 23.2 Å². The summed E-state index contributed by atoms with van der Waals surface area (Å²) in [5.74, 6) is 2.42. The molecule has 5 nitrogen and oxygen atoms in total. The molecule has 0 aliphatic heterocycles. The van der Waals surface area contributed by atoms with E-state index < -0.39 is 0 Å². The van der Waals surface area contributed by atoms with Gasteiger partial charge in [0.2, 0.25) is 0 Å². The van der Waals surface area contributed by atoms with E-state index in [0.717, 1.165) is 42.5 Å². The topological polar surface area (TPSA) is 54.9 Å². The molecule has 0 spiro atoms. The summed E-state index contributed by atoms with van der Waals surface area (Å²) in [6, 6.07) is 5.78. The van der Waals surface area contributed by atoms with E-state index in [1.807, 2.05) is 18.2 Å². The van der Waals surface area contributed by atoms with Crippen molar-refractivity contribution < 1.29 is 9.47 Å². The zero-order valence-electron chi connectivity index (χ0n) is 13.9. The first-order chi connectivity index (χ1) is 10.2. The van der Waals surface area contributed by atoms with Crippen molar-refractivity contribution in [1.29, 1.82) is 0 Å². The number of ether oxygens (including phenoxy) is 2. The summed E-state index contributed by atoms with van der Waals surface area (Å²) in [5.41, 5.74) is 1.03. The van der Waals surface area contributed by atoms with E-state index in [2.05, 4.69) is 29.5 Å². The summed E-state index contributed by atoms with van der Waals surface area (Å²) in [6.45, 7) is 6.58. The van der Waals surface area contributed by atoms with Crippen LogP contribution in [0.1, 0.15) is 32.3 Å². The van der Waals surface area contributed by atoms with Gasteiger partial charge in [0.15, 0.2) is 5.96 Å². The molecule has 0 atom stereocenters. The molecule has 0 heterocycles. The fourth-order valence-electron chi connectivity index (χ4n) is 1.87. The van der Waals surface area contributed by atoms with E-state index in [0.29, 0.717) is 6.54 Å². The number of guanidine groups is 1. The summed E-state index contributed by atoms with van der Waals surface area (Å²) in [7, 11) is 3.31. The number of nitrogens with zero attached hydrogens (tertiary/aromatic N) is 1. The van der Waals surface area contributed by atoms with E-state index >= 15 is 0 Å². The summed E-state index contributed by atoms with van der Waals surface area (Å²) in [5, 5.41) is 6.57. The normalized spacial score (nSPS) is 10.6. The predicted molar refractivity (Wildman–Crippen MR) is 103 cm³/mol. The van der Waals surface area contributed by atoms with Gasteiger partial charge in [0.25, 0.3) is 0 Å².